The van der Waals surface area contributed by atoms with Crippen LogP contribution in [0.5, 0.6) is 0 Å². The van der Waals surface area contributed by atoms with Crippen LogP contribution < -0.4 is 10.2 Å². The predicted octanol–water partition coefficient (Wildman–Crippen LogP) is 3.35. The van der Waals surface area contributed by atoms with Crippen LogP contribution in [0.1, 0.15) is 18.4 Å². The van der Waals surface area contributed by atoms with E-state index in [9.17, 15) is 14.9 Å². The van der Waals surface area contributed by atoms with Gasteiger partial charge in [0.05, 0.1) is 13.1 Å². The number of nitrogens with zero attached hydrogens (tertiary/aromatic N) is 3. The Morgan fingerprint density at radius 2 is 2.07 bits per heavy atom. The molecule has 0 spiro atoms. The van der Waals surface area contributed by atoms with Gasteiger partial charge in [-0.3, -0.25) is 9.69 Å². The average Bonchev–Trinajstić information content (AvgIpc) is 3.34. The number of anilines is 1. The number of fused-ring (bicyclic) bond motifs is 1. The van der Waals surface area contributed by atoms with Crippen molar-refractivity contribution >= 4 is 40.4 Å². The summed E-state index contributed by atoms with van der Waals surface area (Å²) in [5.41, 5.74) is 3.04. The molecule has 0 radical (unpaired) electrons. The zero-order valence-corrected chi connectivity index (χ0v) is 16.2. The zero-order valence-electron chi connectivity index (χ0n) is 16.2. The maximum Gasteiger partial charge on any atom is 0.414 e. The quantitative estimate of drug-likeness (QED) is 0.656. The van der Waals surface area contributed by atoms with Crippen molar-refractivity contribution in [3.05, 3.63) is 60.0 Å². The van der Waals surface area contributed by atoms with E-state index in [-0.39, 0.29) is 18.3 Å². The van der Waals surface area contributed by atoms with Gasteiger partial charge in [0.2, 0.25) is 11.8 Å². The van der Waals surface area contributed by atoms with Gasteiger partial charge in [-0.15, -0.1) is 0 Å². The van der Waals surface area contributed by atoms with Crippen molar-refractivity contribution < 1.29 is 18.7 Å². The number of cyclic esters (lactones) is 1. The van der Waals surface area contributed by atoms with Crippen LogP contribution in [0.15, 0.2) is 52.9 Å². The lowest BCUT2D eigenvalue weighted by atomic mass is 10.1. The number of oxazole rings is 1. The number of carbonyl (C=O) groups is 2. The van der Waals surface area contributed by atoms with Crippen molar-refractivity contribution in [3.8, 4) is 6.07 Å². The maximum absolute atomic E-state index is 12.1. The Labute approximate surface area is 172 Å². The van der Waals surface area contributed by atoms with Gasteiger partial charge in [0, 0.05) is 12.6 Å². The van der Waals surface area contributed by atoms with Crippen LogP contribution in [0.2, 0.25) is 0 Å². The molecule has 30 heavy (non-hydrogen) atoms. The second-order valence-corrected chi connectivity index (χ2v) is 6.80. The molecule has 1 N–H and O–H groups in total. The van der Waals surface area contributed by atoms with Crippen LogP contribution in [0.4, 0.5) is 10.5 Å². The fourth-order valence-electron chi connectivity index (χ4n) is 3.14. The highest BCUT2D eigenvalue weighted by molar-refractivity contribution is 5.91. The molecule has 0 saturated carbocycles. The maximum atomic E-state index is 12.1. The van der Waals surface area contributed by atoms with Crippen molar-refractivity contribution in [2.75, 3.05) is 18.0 Å². The Morgan fingerprint density at radius 3 is 2.77 bits per heavy atom. The third kappa shape index (κ3) is 4.00. The highest BCUT2D eigenvalue weighted by Crippen LogP contribution is 2.25. The first-order valence-corrected chi connectivity index (χ1v) is 9.34. The summed E-state index contributed by atoms with van der Waals surface area (Å²) in [6.07, 6.45) is 0.819. The summed E-state index contributed by atoms with van der Waals surface area (Å²) >= 11 is 0. The highest BCUT2D eigenvalue weighted by Gasteiger charge is 2.32. The topological polar surface area (TPSA) is 108 Å². The molecule has 1 aliphatic heterocycles. The summed E-state index contributed by atoms with van der Waals surface area (Å²) in [5, 5.41) is 12.2. The third-order valence-corrected chi connectivity index (χ3v) is 4.61. The van der Waals surface area contributed by atoms with E-state index in [0.717, 1.165) is 5.56 Å². The number of benzene rings is 2. The zero-order chi connectivity index (χ0) is 21.1. The summed E-state index contributed by atoms with van der Waals surface area (Å²) in [6, 6.07) is 16.6. The molecule has 8 heteroatoms. The molecule has 0 bridgehead atoms. The van der Waals surface area contributed by atoms with Crippen molar-refractivity contribution in [3.63, 3.8) is 0 Å². The lowest BCUT2D eigenvalue weighted by Gasteiger charge is -2.13. The number of nitrogens with one attached hydrogen (secondary N) is 1. The van der Waals surface area contributed by atoms with Gasteiger partial charge in [0.1, 0.15) is 23.3 Å². The normalized spacial score (nSPS) is 16.4. The van der Waals surface area contributed by atoms with E-state index in [0.29, 0.717) is 28.9 Å². The molecule has 2 amide bonds. The summed E-state index contributed by atoms with van der Waals surface area (Å²) < 4.78 is 10.9. The molecule has 1 aromatic heterocycles. The van der Waals surface area contributed by atoms with Crippen LogP contribution in [0.3, 0.4) is 0 Å². The van der Waals surface area contributed by atoms with Gasteiger partial charge in [-0.1, -0.05) is 24.3 Å². The summed E-state index contributed by atoms with van der Waals surface area (Å²) in [7, 11) is 0. The van der Waals surface area contributed by atoms with E-state index >= 15 is 0 Å². The van der Waals surface area contributed by atoms with Crippen molar-refractivity contribution in [2.45, 2.75) is 13.0 Å². The van der Waals surface area contributed by atoms with E-state index in [1.54, 1.807) is 36.4 Å². The second-order valence-electron chi connectivity index (χ2n) is 6.80. The van der Waals surface area contributed by atoms with Crippen LogP contribution >= 0.6 is 0 Å². The monoisotopic (exact) mass is 402 g/mol. The Balaban J connectivity index is 1.51. The number of aromatic nitrogens is 1. The fourth-order valence-corrected chi connectivity index (χ4v) is 3.14. The molecule has 4 rings (SSSR count). The lowest BCUT2D eigenvalue weighted by Crippen LogP contribution is -2.33. The Morgan fingerprint density at radius 1 is 1.30 bits per heavy atom. The molecule has 1 atom stereocenters. The number of para-hydroxylation sites is 2. The van der Waals surface area contributed by atoms with Gasteiger partial charge >= 0.3 is 6.09 Å². The standard InChI is InChI=1S/C22H18N4O4/c1-14(27)24-12-18-13-26(22(28)29-18)17-8-6-15(7-9-17)10-16(11-23)21-25-19-4-2-3-5-20(19)30-21/h2-10,18H,12-13H2,1H3,(H,24,27)/b16-10+/t18-/m0/s1. The molecule has 3 aromatic rings. The number of carbonyl (C=O) groups excluding carboxylic acids is 2. The van der Waals surface area contributed by atoms with E-state index in [4.69, 9.17) is 9.15 Å². The first kappa shape index (κ1) is 19.2. The molecule has 2 aromatic carbocycles. The minimum absolute atomic E-state index is 0.173. The van der Waals surface area contributed by atoms with Crippen molar-refractivity contribution in [1.29, 1.82) is 5.26 Å². The van der Waals surface area contributed by atoms with Gasteiger partial charge in [-0.2, -0.15) is 5.26 Å². The number of amides is 2. The highest BCUT2D eigenvalue weighted by atomic mass is 16.6. The SMILES string of the molecule is CC(=O)NC[C@H]1CN(c2ccc(/C=C(\C#N)c3nc4ccccc4o3)cc2)C(=O)O1. The van der Waals surface area contributed by atoms with Crippen LogP contribution in [-0.2, 0) is 9.53 Å². The second kappa shape index (κ2) is 8.09. The number of hydrogen-bond acceptors (Lipinski definition) is 6. The number of nitriles is 1. The summed E-state index contributed by atoms with van der Waals surface area (Å²) in [4.78, 5) is 29.0. The van der Waals surface area contributed by atoms with Gasteiger partial charge < -0.3 is 14.5 Å². The molecular weight excluding hydrogens is 384 g/mol. The summed E-state index contributed by atoms with van der Waals surface area (Å²) in [6.45, 7) is 2.03. The molecular formula is C22H18N4O4. The molecule has 1 aliphatic rings. The molecule has 8 nitrogen and oxygen atoms in total. The van der Waals surface area contributed by atoms with Gasteiger partial charge in [0.15, 0.2) is 5.58 Å². The van der Waals surface area contributed by atoms with Crippen LogP contribution in [0.25, 0.3) is 22.7 Å². The number of allylic oxidation sites excluding steroid dienone is 1. The van der Waals surface area contributed by atoms with Gasteiger partial charge in [-0.25, -0.2) is 9.78 Å². The van der Waals surface area contributed by atoms with E-state index in [1.807, 2.05) is 18.2 Å². The molecule has 1 fully saturated rings. The molecule has 0 unspecified atom stereocenters. The fraction of sp³-hybridized carbons (Fsp3) is 0.182. The Hall–Kier alpha value is -4.12. The van der Waals surface area contributed by atoms with Crippen LogP contribution in [-0.4, -0.2) is 36.2 Å². The van der Waals surface area contributed by atoms with E-state index < -0.39 is 12.2 Å². The largest absolute Gasteiger partial charge is 0.442 e. The number of hydrogen-bond donors (Lipinski definition) is 1. The smallest absolute Gasteiger partial charge is 0.414 e. The minimum atomic E-state index is -0.460. The molecule has 0 aliphatic carbocycles. The first-order valence-electron chi connectivity index (χ1n) is 9.34. The Bertz CT molecular complexity index is 1140. The first-order chi connectivity index (χ1) is 14.5. The molecule has 2 heterocycles. The van der Waals surface area contributed by atoms with E-state index in [1.165, 1.54) is 11.8 Å². The van der Waals surface area contributed by atoms with Gasteiger partial charge in [0.25, 0.3) is 0 Å². The molecule has 150 valence electrons. The third-order valence-electron chi connectivity index (χ3n) is 4.61. The molecule has 1 saturated heterocycles. The van der Waals surface area contributed by atoms with Gasteiger partial charge in [-0.05, 0) is 35.9 Å². The summed E-state index contributed by atoms with van der Waals surface area (Å²) in [5.74, 6) is 0.0830. The average molecular weight is 402 g/mol. The van der Waals surface area contributed by atoms with Crippen molar-refractivity contribution in [1.82, 2.24) is 10.3 Å². The van der Waals surface area contributed by atoms with Crippen LogP contribution in [0, 0.1) is 11.3 Å². The predicted molar refractivity (Wildman–Crippen MR) is 110 cm³/mol. The minimum Gasteiger partial charge on any atom is -0.442 e. The number of ether oxygens (including phenoxy) is 1. The lowest BCUT2D eigenvalue weighted by molar-refractivity contribution is -0.119. The Kier molecular flexibility index (Phi) is 5.18. The van der Waals surface area contributed by atoms with Crippen molar-refractivity contribution in [2.24, 2.45) is 0 Å². The van der Waals surface area contributed by atoms with E-state index in [2.05, 4.69) is 16.4 Å². The number of rotatable bonds is 5.